The molecular weight excluding hydrogens is 398 g/mol. The molecule has 2 N–H and O–H groups in total. The fraction of sp³-hybridized carbons (Fsp3) is 0.208. The molecule has 0 fully saturated rings. The number of rotatable bonds is 5. The number of methoxy groups -OCH3 is 1. The van der Waals surface area contributed by atoms with Crippen LogP contribution in [0, 0.1) is 11.6 Å². The van der Waals surface area contributed by atoms with Gasteiger partial charge in [0.2, 0.25) is 0 Å². The Hall–Kier alpha value is -3.61. The van der Waals surface area contributed by atoms with Gasteiger partial charge in [0.25, 0.3) is 0 Å². The lowest BCUT2D eigenvalue weighted by Crippen LogP contribution is -2.25. The van der Waals surface area contributed by atoms with Gasteiger partial charge in [0.05, 0.1) is 12.8 Å². The third-order valence-electron chi connectivity index (χ3n) is 5.45. The molecule has 0 aliphatic carbocycles. The molecule has 0 saturated heterocycles. The van der Waals surface area contributed by atoms with Crippen molar-refractivity contribution in [3.63, 3.8) is 0 Å². The third-order valence-corrected chi connectivity index (χ3v) is 5.45. The van der Waals surface area contributed by atoms with E-state index in [9.17, 15) is 8.78 Å². The summed E-state index contributed by atoms with van der Waals surface area (Å²) in [5, 5.41) is 0. The molecular formula is C24H24F2N4O. The minimum atomic E-state index is -0.752. The zero-order valence-corrected chi connectivity index (χ0v) is 17.7. The van der Waals surface area contributed by atoms with Crippen molar-refractivity contribution in [1.82, 2.24) is 4.98 Å². The molecule has 0 atom stereocenters. The minimum Gasteiger partial charge on any atom is -0.497 e. The van der Waals surface area contributed by atoms with Gasteiger partial charge in [-0.25, -0.2) is 13.8 Å². The van der Waals surface area contributed by atoms with Crippen LogP contribution in [-0.2, 0) is 6.54 Å². The summed E-state index contributed by atoms with van der Waals surface area (Å²) < 4.78 is 33.1. The Bertz CT molecular complexity index is 1150. The molecule has 0 amide bonds. The maximum absolute atomic E-state index is 14.4. The van der Waals surface area contributed by atoms with E-state index in [1.54, 1.807) is 13.3 Å². The first-order valence-electron chi connectivity index (χ1n) is 9.86. The number of benzene rings is 2. The molecule has 31 heavy (non-hydrogen) atoms. The van der Waals surface area contributed by atoms with Gasteiger partial charge in [-0.05, 0) is 35.4 Å². The van der Waals surface area contributed by atoms with Crippen molar-refractivity contribution in [3.8, 4) is 5.75 Å². The summed E-state index contributed by atoms with van der Waals surface area (Å²) in [4.78, 5) is 8.68. The Morgan fingerprint density at radius 3 is 2.58 bits per heavy atom. The van der Waals surface area contributed by atoms with Crippen LogP contribution in [0.25, 0.3) is 11.6 Å². The number of nitrogens with two attached hydrogens (primary N) is 1. The molecule has 7 heteroatoms. The highest BCUT2D eigenvalue weighted by Crippen LogP contribution is 2.35. The van der Waals surface area contributed by atoms with Gasteiger partial charge in [-0.1, -0.05) is 12.1 Å². The second-order valence-electron chi connectivity index (χ2n) is 7.68. The number of nitrogen functional groups attached to an aromatic ring is 1. The van der Waals surface area contributed by atoms with Gasteiger partial charge in [-0.3, -0.25) is 0 Å². The van der Waals surface area contributed by atoms with Crippen molar-refractivity contribution in [1.29, 1.82) is 0 Å². The Morgan fingerprint density at radius 2 is 1.87 bits per heavy atom. The van der Waals surface area contributed by atoms with E-state index in [0.29, 0.717) is 18.7 Å². The summed E-state index contributed by atoms with van der Waals surface area (Å²) >= 11 is 0. The maximum atomic E-state index is 14.4. The third kappa shape index (κ3) is 4.17. The van der Waals surface area contributed by atoms with Crippen LogP contribution >= 0.6 is 0 Å². The molecule has 5 nitrogen and oxygen atoms in total. The van der Waals surface area contributed by atoms with Gasteiger partial charge in [0.15, 0.2) is 0 Å². The fourth-order valence-corrected chi connectivity index (χ4v) is 3.73. The molecule has 0 saturated carbocycles. The van der Waals surface area contributed by atoms with Crippen molar-refractivity contribution in [2.75, 3.05) is 43.3 Å². The quantitative estimate of drug-likeness (QED) is 0.610. The van der Waals surface area contributed by atoms with Crippen LogP contribution in [-0.4, -0.2) is 32.7 Å². The summed E-state index contributed by atoms with van der Waals surface area (Å²) in [7, 11) is 5.57. The van der Waals surface area contributed by atoms with Crippen LogP contribution < -0.4 is 20.3 Å². The van der Waals surface area contributed by atoms with E-state index in [-0.39, 0.29) is 5.69 Å². The smallest absolute Gasteiger partial charge is 0.149 e. The van der Waals surface area contributed by atoms with Crippen molar-refractivity contribution in [2.45, 2.75) is 6.54 Å². The van der Waals surface area contributed by atoms with Crippen LogP contribution in [0.5, 0.6) is 5.75 Å². The Kier molecular flexibility index (Phi) is 5.50. The summed E-state index contributed by atoms with van der Waals surface area (Å²) in [5.74, 6) is 0.272. The number of aromatic nitrogens is 1. The topological polar surface area (TPSA) is 54.6 Å². The highest BCUT2D eigenvalue weighted by atomic mass is 19.1. The summed E-state index contributed by atoms with van der Waals surface area (Å²) in [5.41, 5.74) is 9.61. The minimum absolute atomic E-state index is 0.0700. The molecule has 1 aliphatic heterocycles. The molecule has 3 aromatic rings. The maximum Gasteiger partial charge on any atom is 0.149 e. The fourth-order valence-electron chi connectivity index (χ4n) is 3.73. The number of pyridine rings is 1. The van der Waals surface area contributed by atoms with Crippen LogP contribution in [0.15, 0.2) is 48.7 Å². The van der Waals surface area contributed by atoms with Gasteiger partial charge in [-0.15, -0.1) is 0 Å². The first kappa shape index (κ1) is 20.7. The van der Waals surface area contributed by atoms with Crippen molar-refractivity contribution in [2.24, 2.45) is 0 Å². The molecule has 0 radical (unpaired) electrons. The lowest BCUT2D eigenvalue weighted by molar-refractivity contribution is 0.414. The Morgan fingerprint density at radius 1 is 1.13 bits per heavy atom. The number of hydrogen-bond donors (Lipinski definition) is 1. The van der Waals surface area contributed by atoms with Crippen LogP contribution in [0.4, 0.5) is 26.0 Å². The normalized spacial score (nSPS) is 12.9. The van der Waals surface area contributed by atoms with Gasteiger partial charge < -0.3 is 20.3 Å². The van der Waals surface area contributed by atoms with E-state index in [2.05, 4.69) is 9.88 Å². The standard InChI is InChI=1S/C24H24F2N4O/c1-29-14-17(19-9-22(27)21(26)10-20(19)25)8-16-12-28-24(11-23(16)29)30(2)13-15-4-6-18(31-3)7-5-15/h4-12H,13-14,27H2,1-3H3. The van der Waals surface area contributed by atoms with E-state index >= 15 is 0 Å². The van der Waals surface area contributed by atoms with Crippen LogP contribution in [0.3, 0.4) is 0 Å². The van der Waals surface area contributed by atoms with Crippen LogP contribution in [0.1, 0.15) is 16.7 Å². The second kappa shape index (κ2) is 8.26. The second-order valence-corrected chi connectivity index (χ2v) is 7.68. The average Bonchev–Trinajstić information content (AvgIpc) is 2.76. The average molecular weight is 422 g/mol. The molecule has 2 aromatic carbocycles. The lowest BCUT2D eigenvalue weighted by atomic mass is 9.97. The van der Waals surface area contributed by atoms with Crippen molar-refractivity contribution in [3.05, 3.63) is 77.0 Å². The number of fused-ring (bicyclic) bond motifs is 1. The summed E-state index contributed by atoms with van der Waals surface area (Å²) in [6, 6.07) is 12.1. The molecule has 2 heterocycles. The monoisotopic (exact) mass is 422 g/mol. The highest BCUT2D eigenvalue weighted by molar-refractivity contribution is 5.92. The number of likely N-dealkylation sites (N-methyl/N-ethyl adjacent to an activating group) is 1. The molecule has 0 bridgehead atoms. The van der Waals surface area contributed by atoms with Crippen molar-refractivity contribution >= 4 is 28.8 Å². The molecule has 0 unspecified atom stereocenters. The first-order chi connectivity index (χ1) is 14.9. The number of halogens is 2. The Balaban J connectivity index is 1.60. The van der Waals surface area contributed by atoms with E-state index in [0.717, 1.165) is 40.0 Å². The van der Waals surface area contributed by atoms with E-state index in [1.807, 2.05) is 55.4 Å². The zero-order valence-electron chi connectivity index (χ0n) is 17.7. The zero-order chi connectivity index (χ0) is 22.1. The van der Waals surface area contributed by atoms with E-state index in [4.69, 9.17) is 10.5 Å². The molecule has 0 spiro atoms. The predicted molar refractivity (Wildman–Crippen MR) is 121 cm³/mol. The van der Waals surface area contributed by atoms with Gasteiger partial charge in [0.1, 0.15) is 23.2 Å². The Labute approximate surface area is 180 Å². The van der Waals surface area contributed by atoms with E-state index in [1.165, 1.54) is 6.07 Å². The van der Waals surface area contributed by atoms with Gasteiger partial charge in [-0.2, -0.15) is 0 Å². The summed E-state index contributed by atoms with van der Waals surface area (Å²) in [6.45, 7) is 1.17. The molecule has 1 aromatic heterocycles. The van der Waals surface area contributed by atoms with Crippen LogP contribution in [0.2, 0.25) is 0 Å². The molecule has 160 valence electrons. The predicted octanol–water partition coefficient (Wildman–Crippen LogP) is 4.58. The lowest BCUT2D eigenvalue weighted by Gasteiger charge is -2.29. The molecule has 4 rings (SSSR count). The number of anilines is 3. The SMILES string of the molecule is COc1ccc(CN(C)c2cc3c(cn2)C=C(c2cc(N)c(F)cc2F)CN3C)cc1. The first-order valence-corrected chi connectivity index (χ1v) is 9.86. The number of hydrogen-bond acceptors (Lipinski definition) is 5. The molecule has 1 aliphatic rings. The van der Waals surface area contributed by atoms with Crippen molar-refractivity contribution < 1.29 is 13.5 Å². The van der Waals surface area contributed by atoms with E-state index < -0.39 is 11.6 Å². The number of nitrogens with zero attached hydrogens (tertiary/aromatic N) is 3. The highest BCUT2D eigenvalue weighted by Gasteiger charge is 2.21. The number of ether oxygens (including phenoxy) is 1. The van der Waals surface area contributed by atoms with Gasteiger partial charge in [0, 0.05) is 62.3 Å². The van der Waals surface area contributed by atoms with Gasteiger partial charge >= 0.3 is 0 Å². The largest absolute Gasteiger partial charge is 0.497 e. The summed E-state index contributed by atoms with van der Waals surface area (Å²) in [6.07, 6.45) is 3.65.